The molecule has 5 nitrogen and oxygen atoms in total. The van der Waals surface area contributed by atoms with E-state index in [1.807, 2.05) is 42.5 Å². The maximum Gasteiger partial charge on any atom is 0.255 e. The first-order valence-electron chi connectivity index (χ1n) is 9.92. The van der Waals surface area contributed by atoms with Crippen molar-refractivity contribution in [3.8, 4) is 11.5 Å². The third kappa shape index (κ3) is 4.41. The number of rotatable bonds is 6. The van der Waals surface area contributed by atoms with Crippen LogP contribution in [0.3, 0.4) is 0 Å². The van der Waals surface area contributed by atoms with Crippen LogP contribution >= 0.6 is 0 Å². The van der Waals surface area contributed by atoms with Crippen molar-refractivity contribution >= 4 is 22.5 Å². The number of aromatic amines is 1. The summed E-state index contributed by atoms with van der Waals surface area (Å²) in [6, 6.07) is 23.6. The second-order valence-corrected chi connectivity index (χ2v) is 7.06. The molecule has 1 amide bonds. The topological polar surface area (TPSA) is 71.2 Å². The van der Waals surface area contributed by atoms with Crippen molar-refractivity contribution in [2.24, 2.45) is 0 Å². The number of nitrogens with one attached hydrogen (secondary N) is 2. The van der Waals surface area contributed by atoms with E-state index >= 15 is 0 Å². The molecule has 0 unspecified atom stereocenters. The maximum absolute atomic E-state index is 12.6. The fourth-order valence-corrected chi connectivity index (χ4v) is 3.39. The molecule has 1 aromatic heterocycles. The van der Waals surface area contributed by atoms with Gasteiger partial charge in [-0.3, -0.25) is 9.59 Å². The first-order chi connectivity index (χ1) is 14.6. The Kier molecular flexibility index (Phi) is 5.61. The van der Waals surface area contributed by atoms with Gasteiger partial charge in [0.2, 0.25) is 5.56 Å². The molecule has 0 saturated heterocycles. The highest BCUT2D eigenvalue weighted by Gasteiger charge is 2.09. The van der Waals surface area contributed by atoms with Crippen LogP contribution in [0.25, 0.3) is 10.9 Å². The summed E-state index contributed by atoms with van der Waals surface area (Å²) in [5.74, 6) is 1.17. The van der Waals surface area contributed by atoms with Crippen LogP contribution in [0.4, 0.5) is 5.69 Å². The van der Waals surface area contributed by atoms with E-state index in [9.17, 15) is 9.59 Å². The molecule has 30 heavy (non-hydrogen) atoms. The number of carbonyl (C=O) groups excluding carboxylic acids is 1. The highest BCUT2D eigenvalue weighted by molar-refractivity contribution is 6.05. The van der Waals surface area contributed by atoms with Crippen LogP contribution in [0.2, 0.25) is 0 Å². The van der Waals surface area contributed by atoms with E-state index in [2.05, 4.69) is 17.2 Å². The average Bonchev–Trinajstić information content (AvgIpc) is 2.75. The van der Waals surface area contributed by atoms with E-state index in [-0.39, 0.29) is 11.5 Å². The van der Waals surface area contributed by atoms with Crippen molar-refractivity contribution in [1.29, 1.82) is 0 Å². The minimum Gasteiger partial charge on any atom is -0.457 e. The normalized spacial score (nSPS) is 10.7. The van der Waals surface area contributed by atoms with Crippen LogP contribution in [-0.2, 0) is 6.42 Å². The molecule has 0 spiro atoms. The number of fused-ring (bicyclic) bond motifs is 1. The number of aryl methyl sites for hydroxylation is 1. The molecular formula is C25H22N2O3. The summed E-state index contributed by atoms with van der Waals surface area (Å²) in [6.45, 7) is 2.08. The fourth-order valence-electron chi connectivity index (χ4n) is 3.39. The Morgan fingerprint density at radius 2 is 1.67 bits per heavy atom. The maximum atomic E-state index is 12.6. The van der Waals surface area contributed by atoms with Crippen LogP contribution in [0, 0.1) is 0 Å². The summed E-state index contributed by atoms with van der Waals surface area (Å²) in [5.41, 5.74) is 2.74. The monoisotopic (exact) mass is 398 g/mol. The number of para-hydroxylation sites is 1. The molecule has 0 atom stereocenters. The molecule has 4 rings (SSSR count). The number of ether oxygens (including phenoxy) is 1. The van der Waals surface area contributed by atoms with Crippen LogP contribution in [0.5, 0.6) is 11.5 Å². The molecule has 0 aliphatic carbocycles. The van der Waals surface area contributed by atoms with Crippen molar-refractivity contribution in [2.75, 3.05) is 5.32 Å². The third-order valence-electron chi connectivity index (χ3n) is 4.80. The predicted octanol–water partition coefficient (Wildman–Crippen LogP) is 5.53. The zero-order chi connectivity index (χ0) is 20.9. The van der Waals surface area contributed by atoms with Crippen molar-refractivity contribution in [1.82, 2.24) is 4.98 Å². The van der Waals surface area contributed by atoms with Crippen molar-refractivity contribution in [3.05, 3.63) is 100 Å². The van der Waals surface area contributed by atoms with E-state index < -0.39 is 0 Å². The number of anilines is 1. The minimum absolute atomic E-state index is 0.136. The Labute approximate surface area is 174 Å². The van der Waals surface area contributed by atoms with Gasteiger partial charge in [0.05, 0.1) is 5.52 Å². The first-order valence-corrected chi connectivity index (χ1v) is 9.92. The third-order valence-corrected chi connectivity index (χ3v) is 4.80. The highest BCUT2D eigenvalue weighted by Crippen LogP contribution is 2.23. The number of amides is 1. The number of hydrogen-bond donors (Lipinski definition) is 2. The van der Waals surface area contributed by atoms with Gasteiger partial charge < -0.3 is 15.0 Å². The van der Waals surface area contributed by atoms with Crippen LogP contribution < -0.4 is 15.6 Å². The van der Waals surface area contributed by atoms with Gasteiger partial charge in [-0.1, -0.05) is 37.6 Å². The van der Waals surface area contributed by atoms with Crippen molar-refractivity contribution in [2.45, 2.75) is 19.8 Å². The molecule has 0 radical (unpaired) electrons. The molecule has 0 saturated carbocycles. The van der Waals surface area contributed by atoms with E-state index in [0.717, 1.165) is 35.1 Å². The number of pyridine rings is 1. The lowest BCUT2D eigenvalue weighted by atomic mass is 10.0. The molecule has 5 heteroatoms. The lowest BCUT2D eigenvalue weighted by molar-refractivity contribution is 0.102. The molecular weight excluding hydrogens is 376 g/mol. The molecule has 0 aliphatic rings. The number of aromatic nitrogens is 1. The molecule has 0 bridgehead atoms. The molecule has 150 valence electrons. The second-order valence-electron chi connectivity index (χ2n) is 7.06. The summed E-state index contributed by atoms with van der Waals surface area (Å²) in [5, 5.41) is 3.89. The standard InChI is InChI=1S/C25H22N2O3/c1-2-6-18-15-24(28)27-23-16-19(11-14-22(18)23)26-25(29)17-9-12-21(13-10-17)30-20-7-4-3-5-8-20/h3-5,7-16H,2,6H2,1H3,(H,26,29)(H,27,28). The van der Waals surface area contributed by atoms with Crippen LogP contribution in [-0.4, -0.2) is 10.9 Å². The largest absolute Gasteiger partial charge is 0.457 e. The zero-order valence-electron chi connectivity index (χ0n) is 16.6. The lowest BCUT2D eigenvalue weighted by Gasteiger charge is -2.10. The van der Waals surface area contributed by atoms with E-state index in [0.29, 0.717) is 17.0 Å². The number of H-pyrrole nitrogens is 1. The van der Waals surface area contributed by atoms with Gasteiger partial charge in [-0.15, -0.1) is 0 Å². The van der Waals surface area contributed by atoms with Gasteiger partial charge in [-0.25, -0.2) is 0 Å². The van der Waals surface area contributed by atoms with Crippen LogP contribution in [0.1, 0.15) is 29.3 Å². The SMILES string of the molecule is CCCc1cc(=O)[nH]c2cc(NC(=O)c3ccc(Oc4ccccc4)cc3)ccc12. The highest BCUT2D eigenvalue weighted by atomic mass is 16.5. The average molecular weight is 398 g/mol. The van der Waals surface area contributed by atoms with Gasteiger partial charge in [0.25, 0.3) is 5.91 Å². The van der Waals surface area contributed by atoms with E-state index in [1.54, 1.807) is 36.4 Å². The molecule has 2 N–H and O–H groups in total. The molecule has 0 aliphatic heterocycles. The molecule has 0 fully saturated rings. The zero-order valence-corrected chi connectivity index (χ0v) is 16.6. The van der Waals surface area contributed by atoms with Crippen LogP contribution in [0.15, 0.2) is 83.7 Å². The number of carbonyl (C=O) groups is 1. The fraction of sp³-hybridized carbons (Fsp3) is 0.120. The Hall–Kier alpha value is -3.86. The number of benzene rings is 3. The molecule has 4 aromatic rings. The Balaban J connectivity index is 1.50. The Morgan fingerprint density at radius 3 is 2.40 bits per heavy atom. The lowest BCUT2D eigenvalue weighted by Crippen LogP contribution is -2.12. The first kappa shape index (κ1) is 19.5. The second kappa shape index (κ2) is 8.66. The van der Waals surface area contributed by atoms with Gasteiger partial charge in [0, 0.05) is 22.7 Å². The minimum atomic E-state index is -0.229. The smallest absolute Gasteiger partial charge is 0.255 e. The predicted molar refractivity (Wildman–Crippen MR) is 119 cm³/mol. The summed E-state index contributed by atoms with van der Waals surface area (Å²) in [7, 11) is 0. The Morgan fingerprint density at radius 1 is 0.933 bits per heavy atom. The van der Waals surface area contributed by atoms with Gasteiger partial charge in [0.1, 0.15) is 11.5 Å². The van der Waals surface area contributed by atoms with E-state index in [4.69, 9.17) is 4.74 Å². The van der Waals surface area contributed by atoms with E-state index in [1.165, 1.54) is 0 Å². The quantitative estimate of drug-likeness (QED) is 0.449. The number of hydrogen-bond acceptors (Lipinski definition) is 3. The van der Waals surface area contributed by atoms with Crippen molar-refractivity contribution < 1.29 is 9.53 Å². The summed E-state index contributed by atoms with van der Waals surface area (Å²) < 4.78 is 5.76. The molecule has 3 aromatic carbocycles. The summed E-state index contributed by atoms with van der Waals surface area (Å²) >= 11 is 0. The summed E-state index contributed by atoms with van der Waals surface area (Å²) in [4.78, 5) is 27.4. The van der Waals surface area contributed by atoms with Gasteiger partial charge in [0.15, 0.2) is 0 Å². The molecule has 1 heterocycles. The van der Waals surface area contributed by atoms with Gasteiger partial charge in [-0.2, -0.15) is 0 Å². The Bertz CT molecular complexity index is 1230. The van der Waals surface area contributed by atoms with Gasteiger partial charge >= 0.3 is 0 Å². The van der Waals surface area contributed by atoms with Gasteiger partial charge in [-0.05, 0) is 60.5 Å². The van der Waals surface area contributed by atoms with Crippen molar-refractivity contribution in [3.63, 3.8) is 0 Å². The summed E-state index contributed by atoms with van der Waals surface area (Å²) in [6.07, 6.45) is 1.80.